The summed E-state index contributed by atoms with van der Waals surface area (Å²) >= 11 is 0. The van der Waals surface area contributed by atoms with Gasteiger partial charge in [0.15, 0.2) is 5.96 Å². The van der Waals surface area contributed by atoms with Crippen molar-refractivity contribution in [3.05, 3.63) is 59.3 Å². The maximum atomic E-state index is 5.62. The minimum absolute atomic E-state index is 0. The Kier molecular flexibility index (Phi) is 8.98. The second-order valence-electron chi connectivity index (χ2n) is 6.86. The molecule has 0 spiro atoms. The fourth-order valence-electron chi connectivity index (χ4n) is 3.16. The number of halogens is 1. The summed E-state index contributed by atoms with van der Waals surface area (Å²) in [6, 6.07) is 12.5. The number of morpholine rings is 1. The van der Waals surface area contributed by atoms with Crippen molar-refractivity contribution in [3.63, 3.8) is 0 Å². The molecule has 1 aromatic carbocycles. The number of benzene rings is 1. The fraction of sp³-hybridized carbons (Fsp3) is 0.429. The highest BCUT2D eigenvalue weighted by Crippen LogP contribution is 2.16. The predicted octanol–water partition coefficient (Wildman–Crippen LogP) is 3.10. The molecule has 1 aliphatic heterocycles. The summed E-state index contributed by atoms with van der Waals surface area (Å²) in [4.78, 5) is 11.1. The molecule has 1 unspecified atom stereocenters. The highest BCUT2D eigenvalue weighted by atomic mass is 127. The van der Waals surface area contributed by atoms with Gasteiger partial charge in [0.05, 0.1) is 12.7 Å². The van der Waals surface area contributed by atoms with E-state index in [1.807, 2.05) is 12.3 Å². The van der Waals surface area contributed by atoms with Crippen molar-refractivity contribution in [3.8, 4) is 0 Å². The first-order valence-corrected chi connectivity index (χ1v) is 9.46. The number of aliphatic imine (C=N–C) groups is 1. The van der Waals surface area contributed by atoms with Gasteiger partial charge in [-0.2, -0.15) is 0 Å². The van der Waals surface area contributed by atoms with E-state index in [0.717, 1.165) is 38.0 Å². The molecule has 2 N–H and O–H groups in total. The molecule has 6 nitrogen and oxygen atoms in total. The summed E-state index contributed by atoms with van der Waals surface area (Å²) in [7, 11) is 1.79. The van der Waals surface area contributed by atoms with Crippen LogP contribution in [0.5, 0.6) is 0 Å². The molecule has 0 saturated carbocycles. The zero-order valence-electron chi connectivity index (χ0n) is 16.8. The monoisotopic (exact) mass is 495 g/mol. The minimum Gasteiger partial charge on any atom is -0.375 e. The Morgan fingerprint density at radius 3 is 2.79 bits per heavy atom. The third kappa shape index (κ3) is 6.34. The second kappa shape index (κ2) is 11.2. The number of guanidine groups is 1. The van der Waals surface area contributed by atoms with Crippen molar-refractivity contribution < 1.29 is 4.74 Å². The van der Waals surface area contributed by atoms with Crippen LogP contribution in [-0.2, 0) is 17.8 Å². The van der Waals surface area contributed by atoms with E-state index in [-0.39, 0.29) is 30.1 Å². The number of hydrogen-bond acceptors (Lipinski definition) is 4. The molecule has 2 aromatic rings. The molecular weight excluding hydrogens is 465 g/mol. The summed E-state index contributed by atoms with van der Waals surface area (Å²) in [6.07, 6.45) is 2.11. The summed E-state index contributed by atoms with van der Waals surface area (Å²) in [5.41, 5.74) is 3.73. The van der Waals surface area contributed by atoms with Crippen molar-refractivity contribution >= 4 is 35.8 Å². The van der Waals surface area contributed by atoms with Crippen LogP contribution >= 0.6 is 24.0 Å². The van der Waals surface area contributed by atoms with Gasteiger partial charge in [-0.1, -0.05) is 24.3 Å². The lowest BCUT2D eigenvalue weighted by Crippen LogP contribution is -2.41. The van der Waals surface area contributed by atoms with Crippen molar-refractivity contribution in [2.45, 2.75) is 33.0 Å². The van der Waals surface area contributed by atoms with Gasteiger partial charge < -0.3 is 20.3 Å². The molecule has 0 amide bonds. The predicted molar refractivity (Wildman–Crippen MR) is 125 cm³/mol. The van der Waals surface area contributed by atoms with Gasteiger partial charge >= 0.3 is 0 Å². The van der Waals surface area contributed by atoms with E-state index >= 15 is 0 Å². The molecule has 7 heteroatoms. The normalized spacial score (nSPS) is 17.0. The topological polar surface area (TPSA) is 61.8 Å². The Morgan fingerprint density at radius 1 is 1.25 bits per heavy atom. The quantitative estimate of drug-likeness (QED) is 0.380. The molecule has 1 saturated heterocycles. The first-order valence-electron chi connectivity index (χ1n) is 9.46. The van der Waals surface area contributed by atoms with E-state index in [9.17, 15) is 0 Å². The maximum absolute atomic E-state index is 5.62. The average Bonchev–Trinajstić information content (AvgIpc) is 2.69. The third-order valence-corrected chi connectivity index (χ3v) is 4.77. The number of nitrogens with one attached hydrogen (secondary N) is 2. The Labute approximate surface area is 184 Å². The summed E-state index contributed by atoms with van der Waals surface area (Å²) in [6.45, 7) is 8.18. The Balaban J connectivity index is 0.00000280. The van der Waals surface area contributed by atoms with Crippen molar-refractivity contribution in [2.24, 2.45) is 4.99 Å². The molecule has 1 aliphatic rings. The largest absolute Gasteiger partial charge is 0.375 e. The van der Waals surface area contributed by atoms with Gasteiger partial charge in [-0.15, -0.1) is 24.0 Å². The van der Waals surface area contributed by atoms with Crippen LogP contribution in [0.2, 0.25) is 0 Å². The second-order valence-corrected chi connectivity index (χ2v) is 6.86. The fourth-order valence-corrected chi connectivity index (χ4v) is 3.16. The lowest BCUT2D eigenvalue weighted by atomic mass is 10.1. The molecule has 28 heavy (non-hydrogen) atoms. The van der Waals surface area contributed by atoms with Gasteiger partial charge in [0.25, 0.3) is 0 Å². The third-order valence-electron chi connectivity index (χ3n) is 4.77. The molecular formula is C21H30IN5O. The number of ether oxygens (including phenoxy) is 1. The van der Waals surface area contributed by atoms with Crippen LogP contribution in [0.15, 0.2) is 47.6 Å². The van der Waals surface area contributed by atoms with Gasteiger partial charge in [0, 0.05) is 39.4 Å². The van der Waals surface area contributed by atoms with Crippen LogP contribution in [0.1, 0.15) is 23.6 Å². The Morgan fingerprint density at radius 2 is 2.04 bits per heavy atom. The summed E-state index contributed by atoms with van der Waals surface area (Å²) in [5, 5.41) is 6.76. The van der Waals surface area contributed by atoms with Crippen molar-refractivity contribution in [1.82, 2.24) is 15.6 Å². The number of rotatable bonds is 5. The zero-order chi connectivity index (χ0) is 19.1. The highest BCUT2D eigenvalue weighted by molar-refractivity contribution is 14.0. The smallest absolute Gasteiger partial charge is 0.191 e. The van der Waals surface area contributed by atoms with Gasteiger partial charge in [-0.3, -0.25) is 4.99 Å². The van der Waals surface area contributed by atoms with Gasteiger partial charge in [0.1, 0.15) is 5.82 Å². The van der Waals surface area contributed by atoms with Crippen LogP contribution in [0, 0.1) is 6.92 Å². The van der Waals surface area contributed by atoms with Crippen molar-refractivity contribution in [2.75, 3.05) is 31.6 Å². The number of anilines is 1. The number of hydrogen-bond donors (Lipinski definition) is 2. The van der Waals surface area contributed by atoms with E-state index in [0.29, 0.717) is 6.54 Å². The van der Waals surface area contributed by atoms with E-state index in [1.54, 1.807) is 7.05 Å². The van der Waals surface area contributed by atoms with E-state index < -0.39 is 0 Å². The van der Waals surface area contributed by atoms with E-state index in [2.05, 4.69) is 69.7 Å². The Hall–Kier alpha value is -1.87. The molecule has 0 bridgehead atoms. The SMILES string of the molecule is CN=C(NCc1ccnc(N2CCOC(C)C2)c1)NCc1ccccc1C.I. The molecule has 152 valence electrons. The number of nitrogens with zero attached hydrogens (tertiary/aromatic N) is 3. The van der Waals surface area contributed by atoms with Gasteiger partial charge in [-0.25, -0.2) is 4.98 Å². The first kappa shape index (κ1) is 22.4. The maximum Gasteiger partial charge on any atom is 0.191 e. The van der Waals surface area contributed by atoms with Gasteiger partial charge in [-0.05, 0) is 42.7 Å². The van der Waals surface area contributed by atoms with Crippen LogP contribution in [0.3, 0.4) is 0 Å². The molecule has 1 fully saturated rings. The summed E-state index contributed by atoms with van der Waals surface area (Å²) in [5.74, 6) is 1.80. The van der Waals surface area contributed by atoms with E-state index in [1.165, 1.54) is 16.7 Å². The molecule has 0 radical (unpaired) electrons. The lowest BCUT2D eigenvalue weighted by Gasteiger charge is -2.32. The first-order chi connectivity index (χ1) is 13.2. The van der Waals surface area contributed by atoms with Crippen LogP contribution < -0.4 is 15.5 Å². The number of pyridine rings is 1. The lowest BCUT2D eigenvalue weighted by molar-refractivity contribution is 0.0529. The average molecular weight is 495 g/mol. The van der Waals surface area contributed by atoms with E-state index in [4.69, 9.17) is 4.74 Å². The van der Waals surface area contributed by atoms with Crippen LogP contribution in [-0.4, -0.2) is 43.8 Å². The summed E-state index contributed by atoms with van der Waals surface area (Å²) < 4.78 is 5.62. The van der Waals surface area contributed by atoms with Crippen LogP contribution in [0.25, 0.3) is 0 Å². The van der Waals surface area contributed by atoms with Gasteiger partial charge in [0.2, 0.25) is 0 Å². The number of aromatic nitrogens is 1. The Bertz CT molecular complexity index is 783. The minimum atomic E-state index is 0. The number of aryl methyl sites for hydroxylation is 1. The molecule has 1 atom stereocenters. The molecule has 1 aromatic heterocycles. The highest BCUT2D eigenvalue weighted by Gasteiger charge is 2.18. The van der Waals surface area contributed by atoms with Crippen LogP contribution in [0.4, 0.5) is 5.82 Å². The van der Waals surface area contributed by atoms with Crippen molar-refractivity contribution in [1.29, 1.82) is 0 Å². The molecule has 2 heterocycles. The molecule has 3 rings (SSSR count). The standard InChI is InChI=1S/C21H29N5O.HI/c1-16-6-4-5-7-19(16)14-25-21(22-3)24-13-18-8-9-23-20(12-18)26-10-11-27-17(2)15-26;/h4-9,12,17H,10-11,13-15H2,1-3H3,(H2,22,24,25);1H. The zero-order valence-corrected chi connectivity index (χ0v) is 19.1. The molecule has 0 aliphatic carbocycles.